The van der Waals surface area contributed by atoms with Gasteiger partial charge in [0.2, 0.25) is 0 Å². The molecule has 1 heterocycles. The number of halogens is 3. The molecule has 90 valence electrons. The zero-order valence-corrected chi connectivity index (χ0v) is 11.8. The summed E-state index contributed by atoms with van der Waals surface area (Å²) in [4.78, 5) is 0.831. The first-order valence-corrected chi connectivity index (χ1v) is 6.98. The number of benzene rings is 1. The minimum atomic E-state index is -0.661. The first kappa shape index (κ1) is 13.0. The molecule has 0 aliphatic carbocycles. The summed E-state index contributed by atoms with van der Waals surface area (Å²) in [6.45, 7) is 0. The molecule has 0 saturated heterocycles. The van der Waals surface area contributed by atoms with Gasteiger partial charge in [-0.25, -0.2) is 4.39 Å². The number of aliphatic hydroxyl groups excluding tert-OH is 1. The molecule has 0 bridgehead atoms. The third-order valence-electron chi connectivity index (χ3n) is 2.36. The van der Waals surface area contributed by atoms with Gasteiger partial charge in [0.05, 0.1) is 11.1 Å². The molecule has 0 aliphatic heterocycles. The van der Waals surface area contributed by atoms with Gasteiger partial charge >= 0.3 is 0 Å². The van der Waals surface area contributed by atoms with Crippen molar-refractivity contribution in [3.8, 4) is 0 Å². The van der Waals surface area contributed by atoms with Crippen molar-refractivity contribution in [3.05, 3.63) is 55.4 Å². The maximum Gasteiger partial charge on any atom is 0.142 e. The Balaban J connectivity index is 2.18. The molecule has 1 aromatic heterocycles. The van der Waals surface area contributed by atoms with Gasteiger partial charge in [-0.15, -0.1) is 11.3 Å². The fourth-order valence-corrected chi connectivity index (χ4v) is 3.15. The summed E-state index contributed by atoms with van der Waals surface area (Å²) in [5.41, 5.74) is 0.615. The van der Waals surface area contributed by atoms with E-state index in [9.17, 15) is 9.50 Å². The van der Waals surface area contributed by atoms with E-state index < -0.39 is 11.9 Å². The average molecular weight is 336 g/mol. The van der Waals surface area contributed by atoms with E-state index in [-0.39, 0.29) is 5.02 Å². The summed E-state index contributed by atoms with van der Waals surface area (Å²) in [6, 6.07) is 6.47. The maximum absolute atomic E-state index is 13.2. The highest BCUT2D eigenvalue weighted by atomic mass is 79.9. The number of aliphatic hydroxyl groups is 1. The van der Waals surface area contributed by atoms with Crippen molar-refractivity contribution in [2.24, 2.45) is 0 Å². The molecular weight excluding hydrogens is 327 g/mol. The van der Waals surface area contributed by atoms with Crippen LogP contribution in [0.25, 0.3) is 0 Å². The van der Waals surface area contributed by atoms with Crippen LogP contribution in [-0.4, -0.2) is 5.11 Å². The van der Waals surface area contributed by atoms with Gasteiger partial charge in [-0.3, -0.25) is 0 Å². The van der Waals surface area contributed by atoms with Crippen LogP contribution in [-0.2, 0) is 6.42 Å². The second-order valence-corrected chi connectivity index (χ2v) is 5.84. The van der Waals surface area contributed by atoms with Crippen molar-refractivity contribution in [1.82, 2.24) is 0 Å². The zero-order chi connectivity index (χ0) is 12.4. The van der Waals surface area contributed by atoms with Crippen LogP contribution in [0.1, 0.15) is 16.5 Å². The van der Waals surface area contributed by atoms with Gasteiger partial charge in [-0.05, 0) is 33.6 Å². The Bertz CT molecular complexity index is 529. The smallest absolute Gasteiger partial charge is 0.142 e. The van der Waals surface area contributed by atoms with Crippen LogP contribution in [0.5, 0.6) is 0 Å². The highest BCUT2D eigenvalue weighted by molar-refractivity contribution is 9.10. The highest BCUT2D eigenvalue weighted by Gasteiger charge is 2.14. The van der Waals surface area contributed by atoms with Gasteiger partial charge in [0.15, 0.2) is 0 Å². The summed E-state index contributed by atoms with van der Waals surface area (Å²) in [5.74, 6) is -0.455. The van der Waals surface area contributed by atoms with Gasteiger partial charge in [-0.1, -0.05) is 23.7 Å². The monoisotopic (exact) mass is 334 g/mol. The topological polar surface area (TPSA) is 20.2 Å². The predicted molar refractivity (Wildman–Crippen MR) is 72.1 cm³/mol. The lowest BCUT2D eigenvalue weighted by atomic mass is 10.1. The lowest BCUT2D eigenvalue weighted by molar-refractivity contribution is 0.182. The minimum Gasteiger partial charge on any atom is -0.387 e. The Hall–Kier alpha value is -0.420. The van der Waals surface area contributed by atoms with Crippen molar-refractivity contribution in [3.63, 3.8) is 0 Å². The SMILES string of the molecule is OC(Cc1cccc(F)c1Cl)c1cc(Br)cs1. The quantitative estimate of drug-likeness (QED) is 0.870. The zero-order valence-electron chi connectivity index (χ0n) is 8.66. The average Bonchev–Trinajstić information content (AvgIpc) is 2.72. The molecule has 2 rings (SSSR count). The first-order chi connectivity index (χ1) is 8.08. The summed E-state index contributed by atoms with van der Waals surface area (Å²) in [5, 5.41) is 12.0. The van der Waals surface area contributed by atoms with Crippen molar-refractivity contribution in [2.75, 3.05) is 0 Å². The molecule has 17 heavy (non-hydrogen) atoms. The molecule has 1 atom stereocenters. The number of rotatable bonds is 3. The van der Waals surface area contributed by atoms with E-state index >= 15 is 0 Å². The molecule has 0 aliphatic rings. The van der Waals surface area contributed by atoms with E-state index in [2.05, 4.69) is 15.9 Å². The van der Waals surface area contributed by atoms with Crippen molar-refractivity contribution < 1.29 is 9.50 Å². The first-order valence-electron chi connectivity index (χ1n) is 4.93. The Kier molecular flexibility index (Phi) is 4.20. The van der Waals surface area contributed by atoms with Gasteiger partial charge in [0.25, 0.3) is 0 Å². The van der Waals surface area contributed by atoms with E-state index in [1.165, 1.54) is 17.4 Å². The molecular formula is C12H9BrClFOS. The normalized spacial score (nSPS) is 12.7. The van der Waals surface area contributed by atoms with Gasteiger partial charge in [-0.2, -0.15) is 0 Å². The van der Waals surface area contributed by atoms with Gasteiger partial charge in [0.1, 0.15) is 5.82 Å². The third kappa shape index (κ3) is 3.07. The molecule has 0 saturated carbocycles. The molecule has 1 N–H and O–H groups in total. The van der Waals surface area contributed by atoms with Crippen LogP contribution in [0, 0.1) is 5.82 Å². The second kappa shape index (κ2) is 5.48. The van der Waals surface area contributed by atoms with Crippen LogP contribution in [0.3, 0.4) is 0 Å². The van der Waals surface area contributed by atoms with Gasteiger partial charge < -0.3 is 5.11 Å². The van der Waals surface area contributed by atoms with E-state index in [1.807, 2.05) is 11.4 Å². The minimum absolute atomic E-state index is 0.0853. The molecule has 0 spiro atoms. The van der Waals surface area contributed by atoms with Crippen LogP contribution in [0.15, 0.2) is 34.1 Å². The van der Waals surface area contributed by atoms with Crippen molar-refractivity contribution in [1.29, 1.82) is 0 Å². The summed E-state index contributed by atoms with van der Waals surface area (Å²) in [6.07, 6.45) is -0.352. The molecule has 5 heteroatoms. The fourth-order valence-electron chi connectivity index (χ4n) is 1.52. The van der Waals surface area contributed by atoms with Gasteiger partial charge in [0, 0.05) is 21.2 Å². The maximum atomic E-state index is 13.2. The Morgan fingerprint density at radius 1 is 1.47 bits per heavy atom. The number of hydrogen-bond acceptors (Lipinski definition) is 2. The van der Waals surface area contributed by atoms with E-state index in [0.717, 1.165) is 9.35 Å². The second-order valence-electron chi connectivity index (χ2n) is 3.60. The number of hydrogen-bond donors (Lipinski definition) is 1. The lowest BCUT2D eigenvalue weighted by Gasteiger charge is -2.10. The molecule has 0 radical (unpaired) electrons. The van der Waals surface area contributed by atoms with Crippen LogP contribution >= 0.6 is 38.9 Å². The molecule has 1 nitrogen and oxygen atoms in total. The Morgan fingerprint density at radius 2 is 2.24 bits per heavy atom. The van der Waals surface area contributed by atoms with E-state index in [4.69, 9.17) is 11.6 Å². The van der Waals surface area contributed by atoms with E-state index in [1.54, 1.807) is 12.1 Å². The Labute approximate surface area is 116 Å². The molecule has 2 aromatic rings. The Morgan fingerprint density at radius 3 is 2.88 bits per heavy atom. The largest absolute Gasteiger partial charge is 0.387 e. The molecule has 0 amide bonds. The summed E-state index contributed by atoms with van der Waals surface area (Å²) < 4.78 is 14.2. The fraction of sp³-hybridized carbons (Fsp3) is 0.167. The van der Waals surface area contributed by atoms with Crippen LogP contribution < -0.4 is 0 Å². The third-order valence-corrected chi connectivity index (χ3v) is 4.58. The molecule has 1 unspecified atom stereocenters. The lowest BCUT2D eigenvalue weighted by Crippen LogP contribution is -2.00. The number of thiophene rings is 1. The highest BCUT2D eigenvalue weighted by Crippen LogP contribution is 2.30. The standard InChI is InChI=1S/C12H9BrClFOS/c13-8-5-11(17-6-8)10(16)4-7-2-1-3-9(15)12(7)14/h1-3,5-6,10,16H,4H2. The predicted octanol–water partition coefficient (Wildman–Crippen LogP) is 4.58. The van der Waals surface area contributed by atoms with Crippen molar-refractivity contribution in [2.45, 2.75) is 12.5 Å². The summed E-state index contributed by atoms with van der Waals surface area (Å²) >= 11 is 10.6. The summed E-state index contributed by atoms with van der Waals surface area (Å²) in [7, 11) is 0. The van der Waals surface area contributed by atoms with Crippen molar-refractivity contribution >= 4 is 38.9 Å². The van der Waals surface area contributed by atoms with Crippen LogP contribution in [0.2, 0.25) is 5.02 Å². The van der Waals surface area contributed by atoms with Crippen LogP contribution in [0.4, 0.5) is 4.39 Å². The molecule has 0 fully saturated rings. The van der Waals surface area contributed by atoms with E-state index in [0.29, 0.717) is 12.0 Å². The molecule has 1 aromatic carbocycles.